The van der Waals surface area contributed by atoms with Crippen LogP contribution in [-0.2, 0) is 11.3 Å². The third-order valence-electron chi connectivity index (χ3n) is 2.41. The van der Waals surface area contributed by atoms with Crippen molar-refractivity contribution in [3.63, 3.8) is 0 Å². The van der Waals surface area contributed by atoms with Crippen LogP contribution in [0.1, 0.15) is 17.7 Å². The molecule has 0 aliphatic carbocycles. The van der Waals surface area contributed by atoms with Crippen molar-refractivity contribution in [2.24, 2.45) is 5.73 Å². The quantitative estimate of drug-likeness (QED) is 0.796. The molecule has 0 saturated carbocycles. The Morgan fingerprint density at radius 3 is 2.94 bits per heavy atom. The first-order valence-corrected chi connectivity index (χ1v) is 6.96. The lowest BCUT2D eigenvalue weighted by atomic mass is 10.2. The highest BCUT2D eigenvalue weighted by Crippen LogP contribution is 2.01. The Balaban J connectivity index is 2.34. The van der Waals surface area contributed by atoms with E-state index in [1.54, 1.807) is 18.0 Å². The van der Waals surface area contributed by atoms with Crippen molar-refractivity contribution in [3.8, 4) is 0 Å². The van der Waals surface area contributed by atoms with E-state index in [9.17, 15) is 4.79 Å². The molecule has 94 valence electrons. The van der Waals surface area contributed by atoms with Crippen molar-refractivity contribution < 1.29 is 4.79 Å². The molecule has 0 saturated heterocycles. The summed E-state index contributed by atoms with van der Waals surface area (Å²) in [6.45, 7) is 2.42. The second kappa shape index (κ2) is 7.29. The first-order chi connectivity index (χ1) is 8.13. The molecule has 1 aromatic heterocycles. The van der Waals surface area contributed by atoms with E-state index in [0.717, 1.165) is 17.0 Å². The summed E-state index contributed by atoms with van der Waals surface area (Å²) in [5.74, 6) is 0.806. The predicted molar refractivity (Wildman–Crippen MR) is 71.8 cm³/mol. The molecule has 0 unspecified atom stereocenters. The molecule has 0 radical (unpaired) electrons. The summed E-state index contributed by atoms with van der Waals surface area (Å²) in [6.07, 6.45) is 4.48. The molecule has 1 rings (SSSR count). The summed E-state index contributed by atoms with van der Waals surface area (Å²) in [5.41, 5.74) is 7.71. The molecule has 0 spiro atoms. The van der Waals surface area contributed by atoms with Crippen LogP contribution in [0, 0.1) is 6.92 Å². The molecule has 4 nitrogen and oxygen atoms in total. The average Bonchev–Trinajstić information content (AvgIpc) is 2.34. The molecule has 0 aromatic carbocycles. The summed E-state index contributed by atoms with van der Waals surface area (Å²) in [6, 6.07) is 3.46. The molecular weight excluding hydrogens is 234 g/mol. The van der Waals surface area contributed by atoms with Gasteiger partial charge >= 0.3 is 0 Å². The zero-order valence-electron chi connectivity index (χ0n) is 10.3. The van der Waals surface area contributed by atoms with Crippen molar-refractivity contribution in [1.29, 1.82) is 0 Å². The van der Waals surface area contributed by atoms with Gasteiger partial charge in [-0.1, -0.05) is 6.07 Å². The van der Waals surface area contributed by atoms with E-state index >= 15 is 0 Å². The maximum Gasteiger partial charge on any atom is 0.237 e. The van der Waals surface area contributed by atoms with Gasteiger partial charge in [-0.3, -0.25) is 9.78 Å². The topological polar surface area (TPSA) is 68.0 Å². The van der Waals surface area contributed by atoms with Crippen LogP contribution in [0.3, 0.4) is 0 Å². The number of pyridine rings is 1. The van der Waals surface area contributed by atoms with E-state index in [-0.39, 0.29) is 5.91 Å². The molecule has 1 atom stereocenters. The number of thioether (sulfide) groups is 1. The van der Waals surface area contributed by atoms with Gasteiger partial charge in [0.2, 0.25) is 5.91 Å². The minimum Gasteiger partial charge on any atom is -0.351 e. The number of hydrogen-bond acceptors (Lipinski definition) is 4. The van der Waals surface area contributed by atoms with Crippen LogP contribution in [0.2, 0.25) is 0 Å². The molecule has 0 bridgehead atoms. The maximum atomic E-state index is 11.6. The van der Waals surface area contributed by atoms with Gasteiger partial charge in [-0.15, -0.1) is 0 Å². The van der Waals surface area contributed by atoms with Gasteiger partial charge in [0.05, 0.1) is 6.04 Å². The predicted octanol–water partition coefficient (Wildman–Crippen LogP) is 1.09. The highest BCUT2D eigenvalue weighted by atomic mass is 32.2. The molecule has 17 heavy (non-hydrogen) atoms. The van der Waals surface area contributed by atoms with Crippen LogP contribution in [0.15, 0.2) is 18.3 Å². The van der Waals surface area contributed by atoms with Gasteiger partial charge in [0.25, 0.3) is 0 Å². The zero-order valence-corrected chi connectivity index (χ0v) is 11.1. The number of rotatable bonds is 6. The van der Waals surface area contributed by atoms with Crippen molar-refractivity contribution in [2.75, 3.05) is 12.0 Å². The largest absolute Gasteiger partial charge is 0.351 e. The summed E-state index contributed by atoms with van der Waals surface area (Å²) < 4.78 is 0. The van der Waals surface area contributed by atoms with Crippen LogP contribution in [-0.4, -0.2) is 28.9 Å². The first kappa shape index (κ1) is 14.0. The Kier molecular flexibility index (Phi) is 6.00. The fourth-order valence-corrected chi connectivity index (χ4v) is 1.79. The number of carbonyl (C=O) groups is 1. The molecule has 1 aromatic rings. The fraction of sp³-hybridized carbons (Fsp3) is 0.500. The zero-order chi connectivity index (χ0) is 12.7. The molecular formula is C12H19N3OS. The summed E-state index contributed by atoms with van der Waals surface area (Å²) >= 11 is 1.69. The van der Waals surface area contributed by atoms with Crippen LogP contribution in [0.5, 0.6) is 0 Å². The second-order valence-electron chi connectivity index (χ2n) is 3.91. The monoisotopic (exact) mass is 253 g/mol. The first-order valence-electron chi connectivity index (χ1n) is 5.57. The van der Waals surface area contributed by atoms with E-state index < -0.39 is 6.04 Å². The van der Waals surface area contributed by atoms with Gasteiger partial charge in [0, 0.05) is 18.4 Å². The van der Waals surface area contributed by atoms with E-state index in [0.29, 0.717) is 13.0 Å². The number of aromatic nitrogens is 1. The summed E-state index contributed by atoms with van der Waals surface area (Å²) in [4.78, 5) is 15.8. The van der Waals surface area contributed by atoms with Gasteiger partial charge < -0.3 is 11.1 Å². The van der Waals surface area contributed by atoms with Gasteiger partial charge in [0.15, 0.2) is 0 Å². The lowest BCUT2D eigenvalue weighted by Crippen LogP contribution is -2.40. The van der Waals surface area contributed by atoms with Crippen LogP contribution >= 0.6 is 11.8 Å². The fourth-order valence-electron chi connectivity index (χ4n) is 1.30. The Labute approximate surface area is 106 Å². The molecule has 0 fully saturated rings. The number of nitrogens with zero attached hydrogens (tertiary/aromatic N) is 1. The van der Waals surface area contributed by atoms with Gasteiger partial charge in [-0.2, -0.15) is 11.8 Å². The van der Waals surface area contributed by atoms with Gasteiger partial charge in [0.1, 0.15) is 0 Å². The molecule has 5 heteroatoms. The van der Waals surface area contributed by atoms with E-state index in [1.165, 1.54) is 0 Å². The second-order valence-corrected chi connectivity index (χ2v) is 4.90. The lowest BCUT2D eigenvalue weighted by molar-refractivity contribution is -0.122. The number of aryl methyl sites for hydroxylation is 1. The Bertz CT molecular complexity index is 353. The van der Waals surface area contributed by atoms with Crippen molar-refractivity contribution >= 4 is 17.7 Å². The van der Waals surface area contributed by atoms with E-state index in [2.05, 4.69) is 10.3 Å². The Morgan fingerprint density at radius 2 is 2.35 bits per heavy atom. The molecule has 1 amide bonds. The molecule has 3 N–H and O–H groups in total. The van der Waals surface area contributed by atoms with Gasteiger partial charge in [-0.25, -0.2) is 0 Å². The Morgan fingerprint density at radius 1 is 1.59 bits per heavy atom. The van der Waals surface area contributed by atoms with Crippen LogP contribution in [0.4, 0.5) is 0 Å². The number of nitrogens with one attached hydrogen (secondary N) is 1. The highest BCUT2D eigenvalue weighted by Gasteiger charge is 2.11. The summed E-state index contributed by atoms with van der Waals surface area (Å²) in [5, 5.41) is 2.81. The smallest absolute Gasteiger partial charge is 0.237 e. The standard InChI is InChI=1S/C12H19N3OS/c1-9-3-4-10(7-14-9)8-15-12(16)11(13)5-6-17-2/h3-4,7,11H,5-6,8,13H2,1-2H3,(H,15,16)/t11-/m0/s1. The SMILES string of the molecule is CSCC[C@H](N)C(=O)NCc1ccc(C)nc1. The average molecular weight is 253 g/mol. The van der Waals surface area contributed by atoms with Crippen LogP contribution < -0.4 is 11.1 Å². The van der Waals surface area contributed by atoms with E-state index in [4.69, 9.17) is 5.73 Å². The van der Waals surface area contributed by atoms with Crippen molar-refractivity contribution in [3.05, 3.63) is 29.6 Å². The maximum absolute atomic E-state index is 11.6. The van der Waals surface area contributed by atoms with Crippen molar-refractivity contribution in [1.82, 2.24) is 10.3 Å². The number of hydrogen-bond donors (Lipinski definition) is 2. The van der Waals surface area contributed by atoms with Crippen LogP contribution in [0.25, 0.3) is 0 Å². The summed E-state index contributed by atoms with van der Waals surface area (Å²) in [7, 11) is 0. The Hall–Kier alpha value is -1.07. The van der Waals surface area contributed by atoms with Gasteiger partial charge in [-0.05, 0) is 37.0 Å². The normalized spacial score (nSPS) is 12.2. The molecule has 0 aliphatic heterocycles. The number of amides is 1. The number of carbonyl (C=O) groups excluding carboxylic acids is 1. The number of nitrogens with two attached hydrogens (primary N) is 1. The van der Waals surface area contributed by atoms with Crippen molar-refractivity contribution in [2.45, 2.75) is 25.9 Å². The van der Waals surface area contributed by atoms with E-state index in [1.807, 2.05) is 25.3 Å². The highest BCUT2D eigenvalue weighted by molar-refractivity contribution is 7.98. The molecule has 1 heterocycles. The third-order valence-corrected chi connectivity index (χ3v) is 3.05. The minimum atomic E-state index is -0.416. The lowest BCUT2D eigenvalue weighted by Gasteiger charge is -2.11. The minimum absolute atomic E-state index is 0.0976. The molecule has 0 aliphatic rings. The third kappa shape index (κ3) is 5.19.